The van der Waals surface area contributed by atoms with Crippen molar-refractivity contribution in [3.8, 4) is 5.75 Å². The van der Waals surface area contributed by atoms with Crippen LogP contribution >= 0.6 is 0 Å². The van der Waals surface area contributed by atoms with E-state index in [1.807, 2.05) is 19.1 Å². The molecule has 4 N–H and O–H groups in total. The van der Waals surface area contributed by atoms with E-state index in [9.17, 15) is 9.90 Å². The van der Waals surface area contributed by atoms with Crippen LogP contribution < -0.4 is 11.1 Å². The Morgan fingerprint density at radius 3 is 2.73 bits per heavy atom. The average molecular weight is 208 g/mol. The number of amides is 1. The molecule has 82 valence electrons. The number of rotatable bonds is 5. The summed E-state index contributed by atoms with van der Waals surface area (Å²) < 4.78 is 0. The molecule has 1 amide bonds. The second-order valence-electron chi connectivity index (χ2n) is 3.37. The quantitative estimate of drug-likeness (QED) is 0.673. The lowest BCUT2D eigenvalue weighted by molar-refractivity contribution is -0.117. The SMILES string of the molecule is CCC(NCC(N)=O)c1ccccc1O. The lowest BCUT2D eigenvalue weighted by Gasteiger charge is -2.17. The van der Waals surface area contributed by atoms with E-state index in [1.165, 1.54) is 0 Å². The van der Waals surface area contributed by atoms with Gasteiger partial charge >= 0.3 is 0 Å². The number of hydrogen-bond acceptors (Lipinski definition) is 3. The molecule has 15 heavy (non-hydrogen) atoms. The second-order valence-corrected chi connectivity index (χ2v) is 3.37. The number of para-hydroxylation sites is 1. The molecule has 0 fully saturated rings. The van der Waals surface area contributed by atoms with Crippen molar-refractivity contribution in [3.63, 3.8) is 0 Å². The molecule has 0 bridgehead atoms. The highest BCUT2D eigenvalue weighted by molar-refractivity contribution is 5.75. The summed E-state index contributed by atoms with van der Waals surface area (Å²) in [5.41, 5.74) is 5.84. The van der Waals surface area contributed by atoms with Crippen LogP contribution in [-0.2, 0) is 4.79 Å². The number of nitrogens with two attached hydrogens (primary N) is 1. The zero-order valence-electron chi connectivity index (χ0n) is 8.73. The lowest BCUT2D eigenvalue weighted by atomic mass is 10.0. The van der Waals surface area contributed by atoms with Crippen molar-refractivity contribution in [1.82, 2.24) is 5.32 Å². The van der Waals surface area contributed by atoms with Crippen molar-refractivity contribution < 1.29 is 9.90 Å². The highest BCUT2D eigenvalue weighted by Gasteiger charge is 2.12. The van der Waals surface area contributed by atoms with Crippen molar-refractivity contribution in [3.05, 3.63) is 29.8 Å². The zero-order chi connectivity index (χ0) is 11.3. The molecule has 1 aromatic rings. The molecule has 0 aliphatic carbocycles. The third kappa shape index (κ3) is 3.25. The van der Waals surface area contributed by atoms with Crippen LogP contribution in [0.1, 0.15) is 24.9 Å². The number of aromatic hydroxyl groups is 1. The number of benzene rings is 1. The van der Waals surface area contributed by atoms with E-state index in [0.717, 1.165) is 12.0 Å². The fourth-order valence-corrected chi connectivity index (χ4v) is 1.48. The maximum absolute atomic E-state index is 10.6. The topological polar surface area (TPSA) is 75.3 Å². The van der Waals surface area contributed by atoms with Gasteiger partial charge in [-0.2, -0.15) is 0 Å². The smallest absolute Gasteiger partial charge is 0.231 e. The third-order valence-electron chi connectivity index (χ3n) is 2.24. The Morgan fingerprint density at radius 2 is 2.20 bits per heavy atom. The van der Waals surface area contributed by atoms with Crippen LogP contribution in [0.5, 0.6) is 5.75 Å². The summed E-state index contributed by atoms with van der Waals surface area (Å²) in [7, 11) is 0. The van der Waals surface area contributed by atoms with Crippen LogP contribution in [0.4, 0.5) is 0 Å². The standard InChI is InChI=1S/C11H16N2O2/c1-2-9(13-7-11(12)15)8-5-3-4-6-10(8)14/h3-6,9,13-14H,2,7H2,1H3,(H2,12,15). The maximum Gasteiger partial charge on any atom is 0.231 e. The van der Waals surface area contributed by atoms with Gasteiger partial charge in [-0.3, -0.25) is 4.79 Å². The van der Waals surface area contributed by atoms with Crippen LogP contribution in [-0.4, -0.2) is 17.6 Å². The number of phenolic OH excluding ortho intramolecular Hbond substituents is 1. The fraction of sp³-hybridized carbons (Fsp3) is 0.364. The van der Waals surface area contributed by atoms with Gasteiger partial charge in [0.1, 0.15) is 5.75 Å². The van der Waals surface area contributed by atoms with Crippen molar-refractivity contribution in [1.29, 1.82) is 0 Å². The normalized spacial score (nSPS) is 12.3. The molecular weight excluding hydrogens is 192 g/mol. The number of carbonyl (C=O) groups excluding carboxylic acids is 1. The van der Waals surface area contributed by atoms with Crippen LogP contribution in [0.25, 0.3) is 0 Å². The number of hydrogen-bond donors (Lipinski definition) is 3. The Bertz CT molecular complexity index is 339. The molecule has 0 aliphatic rings. The minimum Gasteiger partial charge on any atom is -0.508 e. The van der Waals surface area contributed by atoms with Gasteiger partial charge in [0.05, 0.1) is 6.54 Å². The molecule has 0 saturated carbocycles. The molecule has 0 heterocycles. The van der Waals surface area contributed by atoms with Crippen molar-refractivity contribution in [2.45, 2.75) is 19.4 Å². The Balaban J connectivity index is 2.74. The van der Waals surface area contributed by atoms with Gasteiger partial charge in [-0.05, 0) is 12.5 Å². The van der Waals surface area contributed by atoms with E-state index >= 15 is 0 Å². The van der Waals surface area contributed by atoms with Gasteiger partial charge in [0.15, 0.2) is 0 Å². The maximum atomic E-state index is 10.6. The van der Waals surface area contributed by atoms with E-state index in [-0.39, 0.29) is 18.3 Å². The molecule has 0 aliphatic heterocycles. The Morgan fingerprint density at radius 1 is 1.53 bits per heavy atom. The largest absolute Gasteiger partial charge is 0.508 e. The van der Waals surface area contributed by atoms with Crippen molar-refractivity contribution >= 4 is 5.91 Å². The number of phenols is 1. The van der Waals surface area contributed by atoms with E-state index in [2.05, 4.69) is 5.32 Å². The molecule has 0 aromatic heterocycles. The summed E-state index contributed by atoms with van der Waals surface area (Å²) >= 11 is 0. The van der Waals surface area contributed by atoms with Crippen LogP contribution in [0.15, 0.2) is 24.3 Å². The molecule has 0 spiro atoms. The molecule has 0 saturated heterocycles. The summed E-state index contributed by atoms with van der Waals surface area (Å²) in [6.45, 7) is 2.10. The molecule has 4 nitrogen and oxygen atoms in total. The first-order valence-corrected chi connectivity index (χ1v) is 4.94. The molecule has 1 unspecified atom stereocenters. The van der Waals surface area contributed by atoms with E-state index in [1.54, 1.807) is 12.1 Å². The molecule has 1 aromatic carbocycles. The van der Waals surface area contributed by atoms with Crippen LogP contribution in [0.2, 0.25) is 0 Å². The predicted octanol–water partition coefficient (Wildman–Crippen LogP) is 0.918. The van der Waals surface area contributed by atoms with Gasteiger partial charge < -0.3 is 16.2 Å². The Labute approximate surface area is 89.1 Å². The number of primary amides is 1. The van der Waals surface area contributed by atoms with Crippen LogP contribution in [0.3, 0.4) is 0 Å². The summed E-state index contributed by atoms with van der Waals surface area (Å²) in [5.74, 6) is -0.162. The molecule has 4 heteroatoms. The van der Waals surface area contributed by atoms with Gasteiger partial charge in [0.2, 0.25) is 5.91 Å². The third-order valence-corrected chi connectivity index (χ3v) is 2.24. The fourth-order valence-electron chi connectivity index (χ4n) is 1.48. The Kier molecular flexibility index (Phi) is 4.12. The monoisotopic (exact) mass is 208 g/mol. The van der Waals surface area contributed by atoms with E-state index in [0.29, 0.717) is 0 Å². The molecule has 1 rings (SSSR count). The summed E-state index contributed by atoms with van der Waals surface area (Å²) in [4.78, 5) is 10.6. The first kappa shape index (κ1) is 11.5. The number of carbonyl (C=O) groups is 1. The highest BCUT2D eigenvalue weighted by Crippen LogP contribution is 2.25. The van der Waals surface area contributed by atoms with E-state index < -0.39 is 5.91 Å². The molecule has 1 atom stereocenters. The summed E-state index contributed by atoms with van der Waals surface area (Å²) in [6, 6.07) is 7.03. The van der Waals surface area contributed by atoms with Crippen molar-refractivity contribution in [2.75, 3.05) is 6.54 Å². The van der Waals surface area contributed by atoms with Gasteiger partial charge in [-0.1, -0.05) is 25.1 Å². The van der Waals surface area contributed by atoms with Gasteiger partial charge in [0.25, 0.3) is 0 Å². The van der Waals surface area contributed by atoms with Gasteiger partial charge in [-0.15, -0.1) is 0 Å². The molecule has 0 radical (unpaired) electrons. The van der Waals surface area contributed by atoms with Crippen molar-refractivity contribution in [2.24, 2.45) is 5.73 Å². The molecular formula is C11H16N2O2. The van der Waals surface area contributed by atoms with E-state index in [4.69, 9.17) is 5.73 Å². The minimum atomic E-state index is -0.399. The Hall–Kier alpha value is -1.55. The second kappa shape index (κ2) is 5.36. The van der Waals surface area contributed by atoms with Gasteiger partial charge in [-0.25, -0.2) is 0 Å². The predicted molar refractivity (Wildman–Crippen MR) is 58.3 cm³/mol. The summed E-state index contributed by atoms with van der Waals surface area (Å²) in [6.07, 6.45) is 0.783. The zero-order valence-corrected chi connectivity index (χ0v) is 8.73. The van der Waals surface area contributed by atoms with Gasteiger partial charge in [0, 0.05) is 11.6 Å². The lowest BCUT2D eigenvalue weighted by Crippen LogP contribution is -2.31. The summed E-state index contributed by atoms with van der Waals surface area (Å²) in [5, 5.41) is 12.6. The first-order valence-electron chi connectivity index (χ1n) is 4.94. The minimum absolute atomic E-state index is 0.0429. The average Bonchev–Trinajstić information content (AvgIpc) is 2.21. The number of nitrogens with one attached hydrogen (secondary N) is 1. The highest BCUT2D eigenvalue weighted by atomic mass is 16.3. The first-order chi connectivity index (χ1) is 7.15. The van der Waals surface area contributed by atoms with Crippen LogP contribution in [0, 0.1) is 0 Å².